The molecule has 0 unspecified atom stereocenters. The van der Waals surface area contributed by atoms with E-state index in [0.29, 0.717) is 11.7 Å². The van der Waals surface area contributed by atoms with Crippen LogP contribution in [0.4, 0.5) is 10.1 Å². The van der Waals surface area contributed by atoms with Crippen LogP contribution in [-0.4, -0.2) is 31.2 Å². The Labute approximate surface area is 101 Å². The molecule has 0 saturated carbocycles. The van der Waals surface area contributed by atoms with E-state index in [0.717, 1.165) is 38.2 Å². The lowest BCUT2D eigenvalue weighted by Gasteiger charge is -2.31. The number of nitrogen functional groups attached to an aromatic ring is 1. The van der Waals surface area contributed by atoms with Gasteiger partial charge in [0.1, 0.15) is 5.82 Å². The molecule has 1 heterocycles. The number of hydrogen-bond donors (Lipinski definition) is 1. The molecule has 1 aromatic rings. The molecule has 1 saturated heterocycles. The zero-order valence-corrected chi connectivity index (χ0v) is 10.2. The molecule has 2 N–H and O–H groups in total. The van der Waals surface area contributed by atoms with Gasteiger partial charge in [-0.2, -0.15) is 0 Å². The molecular weight excluding hydrogens is 219 g/mol. The molecule has 0 radical (unpaired) electrons. The summed E-state index contributed by atoms with van der Waals surface area (Å²) < 4.78 is 18.5. The van der Waals surface area contributed by atoms with Gasteiger partial charge in [-0.25, -0.2) is 4.39 Å². The first kappa shape index (κ1) is 12.3. The van der Waals surface area contributed by atoms with Crippen LogP contribution in [0.3, 0.4) is 0 Å². The quantitative estimate of drug-likeness (QED) is 0.819. The van der Waals surface area contributed by atoms with Crippen molar-refractivity contribution >= 4 is 5.69 Å². The van der Waals surface area contributed by atoms with Crippen LogP contribution in [-0.2, 0) is 11.3 Å². The van der Waals surface area contributed by atoms with Gasteiger partial charge >= 0.3 is 0 Å². The highest BCUT2D eigenvalue weighted by molar-refractivity contribution is 5.41. The molecule has 94 valence electrons. The summed E-state index contributed by atoms with van der Waals surface area (Å²) >= 11 is 0. The Hall–Kier alpha value is -1.13. The van der Waals surface area contributed by atoms with Gasteiger partial charge in [0.05, 0.1) is 0 Å². The van der Waals surface area contributed by atoms with Gasteiger partial charge < -0.3 is 10.5 Å². The number of anilines is 1. The molecule has 2 rings (SSSR count). The van der Waals surface area contributed by atoms with Crippen molar-refractivity contribution in [3.05, 3.63) is 29.6 Å². The minimum absolute atomic E-state index is 0.264. The van der Waals surface area contributed by atoms with E-state index in [1.54, 1.807) is 6.07 Å². The number of nitrogens with two attached hydrogens (primary N) is 1. The number of hydrogen-bond acceptors (Lipinski definition) is 3. The lowest BCUT2D eigenvalue weighted by atomic mass is 10.1. The van der Waals surface area contributed by atoms with Crippen molar-refractivity contribution in [3.63, 3.8) is 0 Å². The second kappa shape index (κ2) is 5.47. The molecule has 1 fully saturated rings. The van der Waals surface area contributed by atoms with E-state index in [2.05, 4.69) is 11.9 Å². The van der Waals surface area contributed by atoms with Crippen LogP contribution < -0.4 is 5.73 Å². The Balaban J connectivity index is 1.99. The standard InChI is InChI=1S/C13H19FN2O/c1-16(13-2-4-17-5-3-13)9-10-6-11(14)8-12(15)7-10/h6-8,13H,2-5,9,15H2,1H3. The largest absolute Gasteiger partial charge is 0.399 e. The zero-order chi connectivity index (χ0) is 12.3. The van der Waals surface area contributed by atoms with Gasteiger partial charge in [-0.05, 0) is 43.7 Å². The molecule has 3 nitrogen and oxygen atoms in total. The summed E-state index contributed by atoms with van der Waals surface area (Å²) in [4.78, 5) is 2.25. The van der Waals surface area contributed by atoms with Crippen molar-refractivity contribution in [1.82, 2.24) is 4.90 Å². The summed E-state index contributed by atoms with van der Waals surface area (Å²) in [6, 6.07) is 5.25. The van der Waals surface area contributed by atoms with E-state index in [1.165, 1.54) is 6.07 Å². The predicted molar refractivity (Wildman–Crippen MR) is 66.1 cm³/mol. The van der Waals surface area contributed by atoms with Gasteiger partial charge in [-0.1, -0.05) is 0 Å². The second-order valence-electron chi connectivity index (χ2n) is 4.65. The van der Waals surface area contributed by atoms with Crippen LogP contribution in [0.25, 0.3) is 0 Å². The number of benzene rings is 1. The Morgan fingerprint density at radius 2 is 2.06 bits per heavy atom. The average molecular weight is 238 g/mol. The Kier molecular flexibility index (Phi) is 3.97. The molecule has 1 aliphatic rings. The Bertz CT molecular complexity index is 357. The summed E-state index contributed by atoms with van der Waals surface area (Å²) in [5, 5.41) is 0. The molecule has 1 aliphatic heterocycles. The summed E-state index contributed by atoms with van der Waals surface area (Å²) in [7, 11) is 2.07. The van der Waals surface area contributed by atoms with E-state index < -0.39 is 0 Å². The highest BCUT2D eigenvalue weighted by Crippen LogP contribution is 2.17. The lowest BCUT2D eigenvalue weighted by Crippen LogP contribution is -2.36. The third-order valence-corrected chi connectivity index (χ3v) is 3.23. The van der Waals surface area contributed by atoms with E-state index in [1.807, 2.05) is 6.07 Å². The van der Waals surface area contributed by atoms with Gasteiger partial charge in [0, 0.05) is 31.5 Å². The van der Waals surface area contributed by atoms with Crippen molar-refractivity contribution in [2.24, 2.45) is 0 Å². The van der Waals surface area contributed by atoms with Crippen molar-refractivity contribution in [3.8, 4) is 0 Å². The second-order valence-corrected chi connectivity index (χ2v) is 4.65. The monoisotopic (exact) mass is 238 g/mol. The highest BCUT2D eigenvalue weighted by Gasteiger charge is 2.18. The lowest BCUT2D eigenvalue weighted by molar-refractivity contribution is 0.0407. The molecule has 0 aliphatic carbocycles. The molecule has 0 atom stereocenters. The van der Waals surface area contributed by atoms with Gasteiger partial charge in [0.15, 0.2) is 0 Å². The molecule has 0 amide bonds. The third-order valence-electron chi connectivity index (χ3n) is 3.23. The number of ether oxygens (including phenoxy) is 1. The summed E-state index contributed by atoms with van der Waals surface area (Å²) in [5.41, 5.74) is 7.05. The first-order chi connectivity index (χ1) is 8.15. The van der Waals surface area contributed by atoms with Crippen LogP contribution >= 0.6 is 0 Å². The van der Waals surface area contributed by atoms with Crippen molar-refractivity contribution < 1.29 is 9.13 Å². The van der Waals surface area contributed by atoms with E-state index in [9.17, 15) is 4.39 Å². The summed E-state index contributed by atoms with van der Waals surface area (Å²) in [6.45, 7) is 2.37. The smallest absolute Gasteiger partial charge is 0.125 e. The fourth-order valence-corrected chi connectivity index (χ4v) is 2.31. The van der Waals surface area contributed by atoms with Gasteiger partial charge in [0.2, 0.25) is 0 Å². The number of halogens is 1. The molecule has 17 heavy (non-hydrogen) atoms. The zero-order valence-electron chi connectivity index (χ0n) is 10.2. The summed E-state index contributed by atoms with van der Waals surface area (Å²) in [6.07, 6.45) is 2.09. The highest BCUT2D eigenvalue weighted by atomic mass is 19.1. The molecule has 0 spiro atoms. The summed E-state index contributed by atoms with van der Waals surface area (Å²) in [5.74, 6) is -0.264. The third kappa shape index (κ3) is 3.41. The fraction of sp³-hybridized carbons (Fsp3) is 0.538. The molecule has 1 aromatic carbocycles. The molecular formula is C13H19FN2O. The van der Waals surface area contributed by atoms with Crippen LogP contribution in [0.5, 0.6) is 0 Å². The van der Waals surface area contributed by atoms with Gasteiger partial charge in [0.25, 0.3) is 0 Å². The van der Waals surface area contributed by atoms with Crippen molar-refractivity contribution in [1.29, 1.82) is 0 Å². The first-order valence-corrected chi connectivity index (χ1v) is 5.98. The topological polar surface area (TPSA) is 38.5 Å². The van der Waals surface area contributed by atoms with Crippen molar-refractivity contribution in [2.45, 2.75) is 25.4 Å². The van der Waals surface area contributed by atoms with Gasteiger partial charge in [-0.15, -0.1) is 0 Å². The van der Waals surface area contributed by atoms with E-state index >= 15 is 0 Å². The fourth-order valence-electron chi connectivity index (χ4n) is 2.31. The SMILES string of the molecule is CN(Cc1cc(N)cc(F)c1)C1CCOCC1. The number of nitrogens with zero attached hydrogens (tertiary/aromatic N) is 1. The predicted octanol–water partition coefficient (Wildman–Crippen LogP) is 2.02. The van der Waals surface area contributed by atoms with E-state index in [4.69, 9.17) is 10.5 Å². The molecule has 0 bridgehead atoms. The molecule has 4 heteroatoms. The Morgan fingerprint density at radius 3 is 2.71 bits per heavy atom. The maximum absolute atomic E-state index is 13.2. The van der Waals surface area contributed by atoms with Crippen LogP contribution in [0.15, 0.2) is 18.2 Å². The minimum Gasteiger partial charge on any atom is -0.399 e. The molecule has 0 aromatic heterocycles. The van der Waals surface area contributed by atoms with Crippen molar-refractivity contribution in [2.75, 3.05) is 26.0 Å². The minimum atomic E-state index is -0.264. The Morgan fingerprint density at radius 1 is 1.35 bits per heavy atom. The van der Waals surface area contributed by atoms with E-state index in [-0.39, 0.29) is 5.82 Å². The maximum Gasteiger partial charge on any atom is 0.125 e. The average Bonchev–Trinajstić information content (AvgIpc) is 2.28. The van der Waals surface area contributed by atoms with Gasteiger partial charge in [-0.3, -0.25) is 4.90 Å². The first-order valence-electron chi connectivity index (χ1n) is 5.98. The van der Waals surface area contributed by atoms with Crippen LogP contribution in [0, 0.1) is 5.82 Å². The number of rotatable bonds is 3. The normalized spacial score (nSPS) is 17.6. The van der Waals surface area contributed by atoms with Crippen LogP contribution in [0.1, 0.15) is 18.4 Å². The van der Waals surface area contributed by atoms with Crippen LogP contribution in [0.2, 0.25) is 0 Å². The maximum atomic E-state index is 13.2.